The van der Waals surface area contributed by atoms with Crippen molar-refractivity contribution in [1.82, 2.24) is 0 Å². The maximum Gasteiger partial charge on any atom is 0.123 e. The molecule has 1 aliphatic rings. The van der Waals surface area contributed by atoms with Crippen LogP contribution in [0.3, 0.4) is 0 Å². The maximum absolute atomic E-state index is 8.90. The highest BCUT2D eigenvalue weighted by Gasteiger charge is 2.21. The molecule has 1 aromatic rings. The fourth-order valence-electron chi connectivity index (χ4n) is 2.17. The lowest BCUT2D eigenvalue weighted by Crippen LogP contribution is -2.08. The molecule has 0 saturated carbocycles. The fraction of sp³-hybridized carbons (Fsp3) is 0.500. The van der Waals surface area contributed by atoms with Crippen LogP contribution in [0.25, 0.3) is 0 Å². The number of hydrogen-bond donors (Lipinski definition) is 1. The molecule has 18 heavy (non-hydrogen) atoms. The Kier molecular flexibility index (Phi) is 4.59. The molecule has 0 unspecified atom stereocenters. The van der Waals surface area contributed by atoms with Gasteiger partial charge in [-0.05, 0) is 25.3 Å². The number of benzene rings is 1. The van der Waals surface area contributed by atoms with E-state index >= 15 is 0 Å². The molecular weight excluding hydrogens is 230 g/mol. The lowest BCUT2D eigenvalue weighted by molar-refractivity contribution is 0.100. The minimum absolute atomic E-state index is 0.558. The van der Waals surface area contributed by atoms with E-state index in [4.69, 9.17) is 14.7 Å². The Hall–Kier alpha value is -1.55. The van der Waals surface area contributed by atoms with Crippen molar-refractivity contribution in [2.45, 2.75) is 26.2 Å². The summed E-state index contributed by atoms with van der Waals surface area (Å²) in [5, 5.41) is 12.2. The van der Waals surface area contributed by atoms with Crippen molar-refractivity contribution in [2.24, 2.45) is 5.16 Å². The average molecular weight is 249 g/mol. The highest BCUT2D eigenvalue weighted by atomic mass is 16.5. The summed E-state index contributed by atoms with van der Waals surface area (Å²) >= 11 is 0. The van der Waals surface area contributed by atoms with Crippen LogP contribution in [0.15, 0.2) is 23.4 Å². The quantitative estimate of drug-likeness (QED) is 0.479. The van der Waals surface area contributed by atoms with E-state index in [9.17, 15) is 0 Å². The normalized spacial score (nSPS) is 15.9. The monoisotopic (exact) mass is 249 g/mol. The third kappa shape index (κ3) is 2.82. The van der Waals surface area contributed by atoms with Crippen LogP contribution >= 0.6 is 0 Å². The molecule has 0 spiro atoms. The molecule has 0 amide bonds. The molecule has 0 atom stereocenters. The van der Waals surface area contributed by atoms with Gasteiger partial charge >= 0.3 is 0 Å². The van der Waals surface area contributed by atoms with Gasteiger partial charge in [0.2, 0.25) is 0 Å². The molecule has 0 radical (unpaired) electrons. The van der Waals surface area contributed by atoms with Gasteiger partial charge in [-0.25, -0.2) is 0 Å². The molecule has 98 valence electrons. The fourth-order valence-corrected chi connectivity index (χ4v) is 2.17. The molecule has 1 aliphatic carbocycles. The summed E-state index contributed by atoms with van der Waals surface area (Å²) in [6.45, 7) is 4.03. The zero-order chi connectivity index (χ0) is 12.8. The zero-order valence-corrected chi connectivity index (χ0v) is 10.7. The van der Waals surface area contributed by atoms with Gasteiger partial charge in [-0.3, -0.25) is 0 Å². The van der Waals surface area contributed by atoms with Crippen molar-refractivity contribution < 1.29 is 14.7 Å². The van der Waals surface area contributed by atoms with E-state index in [0.29, 0.717) is 13.2 Å². The van der Waals surface area contributed by atoms with Gasteiger partial charge in [0.15, 0.2) is 0 Å². The van der Waals surface area contributed by atoms with Gasteiger partial charge in [0.1, 0.15) is 12.4 Å². The van der Waals surface area contributed by atoms with Gasteiger partial charge in [-0.15, -0.1) is 0 Å². The zero-order valence-electron chi connectivity index (χ0n) is 10.7. The van der Waals surface area contributed by atoms with Crippen molar-refractivity contribution in [3.63, 3.8) is 0 Å². The van der Waals surface area contributed by atoms with E-state index in [1.165, 1.54) is 0 Å². The van der Waals surface area contributed by atoms with E-state index in [1.807, 2.05) is 18.2 Å². The minimum Gasteiger partial charge on any atom is -0.491 e. The van der Waals surface area contributed by atoms with Gasteiger partial charge in [0.25, 0.3) is 0 Å². The number of fused-ring (bicyclic) bond motifs is 1. The van der Waals surface area contributed by atoms with Gasteiger partial charge < -0.3 is 14.7 Å². The number of ether oxygens (including phenoxy) is 2. The Morgan fingerprint density at radius 3 is 2.89 bits per heavy atom. The Labute approximate surface area is 107 Å². The first-order valence-electron chi connectivity index (χ1n) is 6.40. The highest BCUT2D eigenvalue weighted by Crippen LogP contribution is 2.30. The molecule has 1 N–H and O–H groups in total. The third-order valence-electron chi connectivity index (χ3n) is 3.01. The molecule has 0 saturated heterocycles. The standard InChI is InChI=1S/C14H19NO3/c1-2-8-17-9-10-18-14-5-3-4-11-12(14)6-7-13(11)15-16/h3-5,16H,2,6-10H2,1H3/b15-13+. The molecule has 0 heterocycles. The summed E-state index contributed by atoms with van der Waals surface area (Å²) in [7, 11) is 0. The van der Waals surface area contributed by atoms with Crippen LogP contribution in [-0.2, 0) is 11.2 Å². The smallest absolute Gasteiger partial charge is 0.123 e. The Morgan fingerprint density at radius 2 is 2.11 bits per heavy atom. The average Bonchev–Trinajstić information content (AvgIpc) is 2.82. The lowest BCUT2D eigenvalue weighted by Gasteiger charge is -2.10. The molecule has 2 rings (SSSR count). The van der Waals surface area contributed by atoms with E-state index in [1.54, 1.807) is 0 Å². The van der Waals surface area contributed by atoms with Gasteiger partial charge in [-0.1, -0.05) is 24.2 Å². The van der Waals surface area contributed by atoms with Crippen LogP contribution in [0.1, 0.15) is 30.9 Å². The lowest BCUT2D eigenvalue weighted by atomic mass is 10.1. The Bertz CT molecular complexity index is 429. The van der Waals surface area contributed by atoms with E-state index < -0.39 is 0 Å². The van der Waals surface area contributed by atoms with Crippen LogP contribution < -0.4 is 4.74 Å². The number of nitrogens with zero attached hydrogens (tertiary/aromatic N) is 1. The summed E-state index contributed by atoms with van der Waals surface area (Å²) in [6, 6.07) is 5.86. The molecule has 0 fully saturated rings. The van der Waals surface area contributed by atoms with E-state index in [0.717, 1.165) is 48.5 Å². The van der Waals surface area contributed by atoms with Crippen molar-refractivity contribution in [1.29, 1.82) is 0 Å². The summed E-state index contributed by atoms with van der Waals surface area (Å²) < 4.78 is 11.1. The molecular formula is C14H19NO3. The van der Waals surface area contributed by atoms with Crippen LogP contribution in [0.4, 0.5) is 0 Å². The van der Waals surface area contributed by atoms with Crippen LogP contribution in [0, 0.1) is 0 Å². The predicted molar refractivity (Wildman–Crippen MR) is 69.7 cm³/mol. The molecule has 4 nitrogen and oxygen atoms in total. The first-order chi connectivity index (χ1) is 8.86. The van der Waals surface area contributed by atoms with Crippen molar-refractivity contribution in [3.05, 3.63) is 29.3 Å². The Morgan fingerprint density at radius 1 is 1.22 bits per heavy atom. The summed E-state index contributed by atoms with van der Waals surface area (Å²) in [5.74, 6) is 0.881. The molecule has 0 bridgehead atoms. The third-order valence-corrected chi connectivity index (χ3v) is 3.01. The summed E-state index contributed by atoms with van der Waals surface area (Å²) in [5.41, 5.74) is 2.89. The van der Waals surface area contributed by atoms with Crippen molar-refractivity contribution >= 4 is 5.71 Å². The van der Waals surface area contributed by atoms with Crippen molar-refractivity contribution in [3.8, 4) is 5.75 Å². The maximum atomic E-state index is 8.90. The second-order valence-electron chi connectivity index (χ2n) is 4.29. The van der Waals surface area contributed by atoms with Gasteiger partial charge in [-0.2, -0.15) is 0 Å². The second-order valence-corrected chi connectivity index (χ2v) is 4.29. The topological polar surface area (TPSA) is 51.0 Å². The molecule has 1 aromatic carbocycles. The first-order valence-corrected chi connectivity index (χ1v) is 6.40. The summed E-state index contributed by atoms with van der Waals surface area (Å²) in [4.78, 5) is 0. The second kappa shape index (κ2) is 6.40. The SMILES string of the molecule is CCCOCCOc1cccc2c1CC/C2=N\O. The van der Waals surface area contributed by atoms with Crippen LogP contribution in [0.5, 0.6) is 5.75 Å². The molecule has 4 heteroatoms. The largest absolute Gasteiger partial charge is 0.491 e. The predicted octanol–water partition coefficient (Wildman–Crippen LogP) is 2.62. The Balaban J connectivity index is 1.96. The molecule has 0 aromatic heterocycles. The summed E-state index contributed by atoms with van der Waals surface area (Å²) in [6.07, 6.45) is 2.68. The van der Waals surface area contributed by atoms with Gasteiger partial charge in [0, 0.05) is 17.7 Å². The number of oxime groups is 1. The minimum atomic E-state index is 0.558. The number of hydrogen-bond acceptors (Lipinski definition) is 4. The van der Waals surface area contributed by atoms with Crippen LogP contribution in [0.2, 0.25) is 0 Å². The van der Waals surface area contributed by atoms with E-state index in [-0.39, 0.29) is 0 Å². The van der Waals surface area contributed by atoms with Gasteiger partial charge in [0.05, 0.1) is 12.3 Å². The van der Waals surface area contributed by atoms with Crippen LogP contribution in [-0.4, -0.2) is 30.7 Å². The molecule has 0 aliphatic heterocycles. The van der Waals surface area contributed by atoms with E-state index in [2.05, 4.69) is 12.1 Å². The first kappa shape index (κ1) is 12.9. The highest BCUT2D eigenvalue weighted by molar-refractivity contribution is 6.04. The number of rotatable bonds is 6. The van der Waals surface area contributed by atoms with Crippen molar-refractivity contribution in [2.75, 3.05) is 19.8 Å².